The Hall–Kier alpha value is -0.990. The van der Waals surface area contributed by atoms with Gasteiger partial charge in [-0.3, -0.25) is 0 Å². The van der Waals surface area contributed by atoms with Gasteiger partial charge in [0.25, 0.3) is 0 Å². The zero-order valence-corrected chi connectivity index (χ0v) is 18.0. The van der Waals surface area contributed by atoms with E-state index in [0.717, 1.165) is 43.6 Å². The first-order chi connectivity index (χ1) is 13.1. The van der Waals surface area contributed by atoms with E-state index < -0.39 is 11.6 Å². The van der Waals surface area contributed by atoms with Gasteiger partial charge in [0.05, 0.1) is 5.39 Å². The van der Waals surface area contributed by atoms with Crippen LogP contribution in [-0.4, -0.2) is 36.3 Å². The Morgan fingerprint density at radius 3 is 2.44 bits per heavy atom. The van der Waals surface area contributed by atoms with Crippen LogP contribution in [0.5, 0.6) is 11.5 Å². The molecule has 0 saturated carbocycles. The first kappa shape index (κ1) is 19.3. The van der Waals surface area contributed by atoms with Crippen molar-refractivity contribution in [3.63, 3.8) is 0 Å². The molecule has 1 aromatic carbocycles. The van der Waals surface area contributed by atoms with Crippen LogP contribution in [0.4, 0.5) is 8.78 Å². The van der Waals surface area contributed by atoms with Crippen LogP contribution in [0.3, 0.4) is 0 Å². The highest BCUT2D eigenvalue weighted by atomic mass is 79.9. The summed E-state index contributed by atoms with van der Waals surface area (Å²) in [5, 5.41) is 1.09. The number of rotatable bonds is 5. The van der Waals surface area contributed by atoms with Crippen molar-refractivity contribution < 1.29 is 18.3 Å². The number of alkyl halides is 1. The number of likely N-dealkylation sites (tertiary alicyclic amines) is 1. The Kier molecular flexibility index (Phi) is 5.85. The molecule has 5 rings (SSSR count). The number of benzene rings is 1. The van der Waals surface area contributed by atoms with E-state index in [1.165, 1.54) is 19.3 Å². The number of fused-ring (bicyclic) bond motifs is 3. The minimum atomic E-state index is -1.04. The molecular formula is C19H20Br2F2N2O2. The molecule has 4 nitrogen and oxygen atoms in total. The third-order valence-electron chi connectivity index (χ3n) is 5.29. The fourth-order valence-electron chi connectivity index (χ4n) is 3.95. The Bertz CT molecular complexity index is 873. The van der Waals surface area contributed by atoms with E-state index in [1.54, 1.807) is 0 Å². The number of aryl methyl sites for hydroxylation is 1. The first-order valence-corrected chi connectivity index (χ1v) is 11.1. The Balaban J connectivity index is 1.75. The number of hydrogen-bond donors (Lipinski definition) is 0. The van der Waals surface area contributed by atoms with Crippen LogP contribution in [0.2, 0.25) is 0 Å². The van der Waals surface area contributed by atoms with E-state index in [1.807, 2.05) is 0 Å². The van der Waals surface area contributed by atoms with Crippen molar-refractivity contribution in [1.82, 2.24) is 9.88 Å². The lowest BCUT2D eigenvalue weighted by molar-refractivity contribution is 0.125. The van der Waals surface area contributed by atoms with E-state index in [-0.39, 0.29) is 18.3 Å². The zero-order chi connectivity index (χ0) is 19.0. The van der Waals surface area contributed by atoms with Crippen molar-refractivity contribution >= 4 is 42.8 Å². The summed E-state index contributed by atoms with van der Waals surface area (Å²) in [6, 6.07) is 0. The topological polar surface area (TPSA) is 34.6 Å². The Labute approximate surface area is 173 Å². The molecule has 0 spiro atoms. The van der Waals surface area contributed by atoms with Gasteiger partial charge in [-0.2, -0.15) is 8.78 Å². The van der Waals surface area contributed by atoms with E-state index in [4.69, 9.17) is 9.47 Å². The highest BCUT2D eigenvalue weighted by Gasteiger charge is 2.30. The second kappa shape index (κ2) is 8.17. The van der Waals surface area contributed by atoms with Gasteiger partial charge in [-0.05, 0) is 72.4 Å². The van der Waals surface area contributed by atoms with Crippen LogP contribution >= 0.6 is 31.9 Å². The number of halogens is 4. The molecule has 0 atom stereocenters. The molecule has 0 amide bonds. The van der Waals surface area contributed by atoms with E-state index in [2.05, 4.69) is 41.7 Å². The first-order valence-electron chi connectivity index (χ1n) is 9.17. The second-order valence-electron chi connectivity index (χ2n) is 6.92. The van der Waals surface area contributed by atoms with E-state index in [9.17, 15) is 8.78 Å². The van der Waals surface area contributed by atoms with Gasteiger partial charge in [0.1, 0.15) is 10.1 Å². The molecule has 4 heterocycles. The van der Waals surface area contributed by atoms with Crippen molar-refractivity contribution in [3.05, 3.63) is 27.4 Å². The summed E-state index contributed by atoms with van der Waals surface area (Å²) in [6.45, 7) is 3.04. The summed E-state index contributed by atoms with van der Waals surface area (Å²) in [4.78, 5) is 6.92. The number of nitrogens with zero attached hydrogens (tertiary/aromatic N) is 2. The number of piperidine rings is 1. The number of ether oxygens (including phenoxy) is 2. The second-order valence-corrected chi connectivity index (χ2v) is 8.23. The molecule has 0 N–H and O–H groups in total. The molecule has 3 aliphatic rings. The van der Waals surface area contributed by atoms with Crippen molar-refractivity contribution in [3.8, 4) is 11.5 Å². The minimum Gasteiger partial charge on any atom is -0.454 e. The predicted octanol–water partition coefficient (Wildman–Crippen LogP) is 5.32. The third-order valence-corrected chi connectivity index (χ3v) is 6.50. The van der Waals surface area contributed by atoms with E-state index in [0.29, 0.717) is 20.8 Å². The van der Waals surface area contributed by atoms with Gasteiger partial charge < -0.3 is 14.4 Å². The van der Waals surface area contributed by atoms with Crippen LogP contribution in [0, 0.1) is 11.6 Å². The molecule has 2 aromatic rings. The third kappa shape index (κ3) is 3.56. The summed E-state index contributed by atoms with van der Waals surface area (Å²) in [7, 11) is 0. The lowest BCUT2D eigenvalue weighted by Gasteiger charge is -2.26. The SMILES string of the molecule is Fc1c(F)c2c3c(CCCN4CCCCC4)c(CBr)c(Br)nc3c1OCO2. The molecule has 1 saturated heterocycles. The van der Waals surface area contributed by atoms with Gasteiger partial charge in [-0.25, -0.2) is 4.98 Å². The molecule has 0 aliphatic carbocycles. The normalized spacial score (nSPS) is 17.0. The van der Waals surface area contributed by atoms with Gasteiger partial charge in [-0.1, -0.05) is 22.4 Å². The molecule has 1 aromatic heterocycles. The summed E-state index contributed by atoms with van der Waals surface area (Å²) in [5.74, 6) is -2.32. The summed E-state index contributed by atoms with van der Waals surface area (Å²) >= 11 is 6.99. The van der Waals surface area contributed by atoms with Crippen molar-refractivity contribution in [2.75, 3.05) is 26.4 Å². The van der Waals surface area contributed by atoms with Crippen LogP contribution in [0.1, 0.15) is 36.8 Å². The number of pyridine rings is 1. The van der Waals surface area contributed by atoms with Gasteiger partial charge >= 0.3 is 0 Å². The maximum atomic E-state index is 14.5. The largest absolute Gasteiger partial charge is 0.454 e. The highest BCUT2D eigenvalue weighted by Crippen LogP contribution is 2.44. The van der Waals surface area contributed by atoms with Gasteiger partial charge in [0.2, 0.25) is 18.4 Å². The van der Waals surface area contributed by atoms with Crippen molar-refractivity contribution in [2.24, 2.45) is 0 Å². The van der Waals surface area contributed by atoms with Crippen LogP contribution < -0.4 is 9.47 Å². The van der Waals surface area contributed by atoms with Gasteiger partial charge in [0, 0.05) is 5.33 Å². The van der Waals surface area contributed by atoms with E-state index >= 15 is 0 Å². The monoisotopic (exact) mass is 504 g/mol. The molecule has 146 valence electrons. The quantitative estimate of drug-likeness (QED) is 0.407. The highest BCUT2D eigenvalue weighted by molar-refractivity contribution is 9.10. The summed E-state index contributed by atoms with van der Waals surface area (Å²) < 4.78 is 40.1. The van der Waals surface area contributed by atoms with Gasteiger partial charge in [-0.15, -0.1) is 0 Å². The fourth-order valence-corrected chi connectivity index (χ4v) is 5.49. The average Bonchev–Trinajstić information content (AvgIpc) is 2.94. The lowest BCUT2D eigenvalue weighted by Crippen LogP contribution is -2.30. The molecule has 2 bridgehead atoms. The molecule has 8 heteroatoms. The zero-order valence-electron chi connectivity index (χ0n) is 14.8. The standard InChI is InChI=1S/C19H20Br2F2N2O2/c20-9-12-11(5-4-8-25-6-2-1-3-7-25)13-16(24-19(12)21)18-15(23)14(22)17(13)26-10-27-18/h1-10H2. The molecule has 27 heavy (non-hydrogen) atoms. The predicted molar refractivity (Wildman–Crippen MR) is 107 cm³/mol. The summed E-state index contributed by atoms with van der Waals surface area (Å²) in [6.07, 6.45) is 5.47. The maximum Gasteiger partial charge on any atom is 0.231 e. The Morgan fingerprint density at radius 1 is 1.00 bits per heavy atom. The summed E-state index contributed by atoms with van der Waals surface area (Å²) in [5.41, 5.74) is 2.18. The number of aromatic nitrogens is 1. The van der Waals surface area contributed by atoms with Crippen LogP contribution in [-0.2, 0) is 11.8 Å². The van der Waals surface area contributed by atoms with Crippen LogP contribution in [0.25, 0.3) is 10.9 Å². The smallest absolute Gasteiger partial charge is 0.231 e. The minimum absolute atomic E-state index is 0.0982. The molecule has 0 radical (unpaired) electrons. The Morgan fingerprint density at radius 2 is 1.70 bits per heavy atom. The van der Waals surface area contributed by atoms with Gasteiger partial charge in [0.15, 0.2) is 11.5 Å². The van der Waals surface area contributed by atoms with Crippen molar-refractivity contribution in [1.29, 1.82) is 0 Å². The van der Waals surface area contributed by atoms with Crippen LogP contribution in [0.15, 0.2) is 4.60 Å². The molecule has 1 fully saturated rings. The van der Waals surface area contributed by atoms with Crippen molar-refractivity contribution in [2.45, 2.75) is 37.4 Å². The molecule has 3 aliphatic heterocycles. The maximum absolute atomic E-state index is 14.5. The average molecular weight is 506 g/mol. The molecular weight excluding hydrogens is 486 g/mol. The fraction of sp³-hybridized carbons (Fsp3) is 0.526. The lowest BCUT2D eigenvalue weighted by atomic mass is 9.98. The molecule has 0 unspecified atom stereocenters. The number of hydrogen-bond acceptors (Lipinski definition) is 4.